The van der Waals surface area contributed by atoms with E-state index in [9.17, 15) is 0 Å². The summed E-state index contributed by atoms with van der Waals surface area (Å²) in [5.74, 6) is 2.05. The van der Waals surface area contributed by atoms with Crippen LogP contribution in [0.5, 0.6) is 0 Å². The first-order chi connectivity index (χ1) is 5.12. The summed E-state index contributed by atoms with van der Waals surface area (Å²) < 4.78 is 0. The monoisotopic (exact) mass is 153 g/mol. The van der Waals surface area contributed by atoms with Crippen LogP contribution in [0.2, 0.25) is 0 Å². The molecule has 3 atom stereocenters. The SMILES string of the molecule is CC1CC2C(CCN1)C2(C)C. The smallest absolute Gasteiger partial charge is 0.00416 e. The molecule has 1 aliphatic carbocycles. The Labute approximate surface area is 69.6 Å². The molecule has 2 aliphatic rings. The van der Waals surface area contributed by atoms with E-state index < -0.39 is 0 Å². The van der Waals surface area contributed by atoms with E-state index in [1.165, 1.54) is 19.4 Å². The number of hydrogen-bond donors (Lipinski definition) is 1. The van der Waals surface area contributed by atoms with E-state index in [-0.39, 0.29) is 0 Å². The van der Waals surface area contributed by atoms with Gasteiger partial charge in [-0.25, -0.2) is 0 Å². The summed E-state index contributed by atoms with van der Waals surface area (Å²) in [6.45, 7) is 8.42. The Morgan fingerprint density at radius 3 is 2.73 bits per heavy atom. The van der Waals surface area contributed by atoms with Crippen molar-refractivity contribution in [1.82, 2.24) is 5.32 Å². The van der Waals surface area contributed by atoms with Crippen molar-refractivity contribution >= 4 is 0 Å². The largest absolute Gasteiger partial charge is 0.314 e. The second-order valence-corrected chi connectivity index (χ2v) is 4.91. The average molecular weight is 153 g/mol. The summed E-state index contributed by atoms with van der Waals surface area (Å²) in [5.41, 5.74) is 0.677. The van der Waals surface area contributed by atoms with Crippen molar-refractivity contribution in [3.63, 3.8) is 0 Å². The zero-order chi connectivity index (χ0) is 8.06. The maximum atomic E-state index is 3.54. The maximum absolute atomic E-state index is 3.54. The summed E-state index contributed by atoms with van der Waals surface area (Å²) in [6, 6.07) is 0.756. The van der Waals surface area contributed by atoms with Crippen LogP contribution < -0.4 is 5.32 Å². The highest BCUT2D eigenvalue weighted by molar-refractivity contribution is 5.06. The number of nitrogens with one attached hydrogen (secondary N) is 1. The minimum absolute atomic E-state index is 0.677. The Kier molecular flexibility index (Phi) is 1.54. The third-order valence-corrected chi connectivity index (χ3v) is 3.84. The first kappa shape index (κ1) is 7.60. The Hall–Kier alpha value is -0.0400. The zero-order valence-corrected chi connectivity index (χ0v) is 7.85. The highest BCUT2D eigenvalue weighted by atomic mass is 14.9. The first-order valence-electron chi connectivity index (χ1n) is 4.86. The second kappa shape index (κ2) is 2.22. The summed E-state index contributed by atoms with van der Waals surface area (Å²) in [4.78, 5) is 0. The number of fused-ring (bicyclic) bond motifs is 1. The molecule has 1 N–H and O–H groups in total. The molecule has 0 amide bonds. The van der Waals surface area contributed by atoms with Crippen molar-refractivity contribution in [2.24, 2.45) is 17.3 Å². The molecule has 1 saturated heterocycles. The first-order valence-corrected chi connectivity index (χ1v) is 4.86. The molecule has 2 fully saturated rings. The van der Waals surface area contributed by atoms with Gasteiger partial charge in [-0.3, -0.25) is 0 Å². The lowest BCUT2D eigenvalue weighted by Crippen LogP contribution is -2.26. The van der Waals surface area contributed by atoms with Crippen LogP contribution in [0.1, 0.15) is 33.6 Å². The Morgan fingerprint density at radius 1 is 1.27 bits per heavy atom. The zero-order valence-electron chi connectivity index (χ0n) is 7.85. The lowest BCUT2D eigenvalue weighted by atomic mass is 10.0. The highest BCUT2D eigenvalue weighted by Gasteiger charge is 2.57. The number of rotatable bonds is 0. The summed E-state index contributed by atoms with van der Waals surface area (Å²) >= 11 is 0. The molecule has 64 valence electrons. The summed E-state index contributed by atoms with van der Waals surface area (Å²) in [7, 11) is 0. The molecule has 0 aromatic heterocycles. The van der Waals surface area contributed by atoms with Crippen molar-refractivity contribution in [1.29, 1.82) is 0 Å². The molecule has 1 saturated carbocycles. The lowest BCUT2D eigenvalue weighted by Gasteiger charge is -2.13. The van der Waals surface area contributed by atoms with Gasteiger partial charge in [0.25, 0.3) is 0 Å². The topological polar surface area (TPSA) is 12.0 Å². The molecule has 1 heterocycles. The molecule has 2 rings (SSSR count). The third-order valence-electron chi connectivity index (χ3n) is 3.84. The van der Waals surface area contributed by atoms with E-state index in [0.29, 0.717) is 5.41 Å². The van der Waals surface area contributed by atoms with Gasteiger partial charge in [0.1, 0.15) is 0 Å². The predicted octanol–water partition coefficient (Wildman–Crippen LogP) is 2.03. The molecule has 1 nitrogen and oxygen atoms in total. The lowest BCUT2D eigenvalue weighted by molar-refractivity contribution is 0.430. The second-order valence-electron chi connectivity index (χ2n) is 4.91. The molecule has 0 spiro atoms. The quantitative estimate of drug-likeness (QED) is 0.561. The maximum Gasteiger partial charge on any atom is 0.00416 e. The third kappa shape index (κ3) is 1.10. The van der Waals surface area contributed by atoms with Crippen molar-refractivity contribution in [2.45, 2.75) is 39.7 Å². The van der Waals surface area contributed by atoms with Gasteiger partial charge in [-0.2, -0.15) is 0 Å². The van der Waals surface area contributed by atoms with Crippen molar-refractivity contribution in [2.75, 3.05) is 6.54 Å². The van der Waals surface area contributed by atoms with Gasteiger partial charge < -0.3 is 5.32 Å². The van der Waals surface area contributed by atoms with Gasteiger partial charge in [-0.05, 0) is 43.6 Å². The van der Waals surface area contributed by atoms with E-state index in [1.54, 1.807) is 0 Å². The molecule has 1 aliphatic heterocycles. The molecule has 0 bridgehead atoms. The predicted molar refractivity (Wildman–Crippen MR) is 47.5 cm³/mol. The van der Waals surface area contributed by atoms with E-state index in [4.69, 9.17) is 0 Å². The van der Waals surface area contributed by atoms with Crippen LogP contribution >= 0.6 is 0 Å². The van der Waals surface area contributed by atoms with Crippen LogP contribution in [0, 0.1) is 17.3 Å². The van der Waals surface area contributed by atoms with Crippen LogP contribution in [0.25, 0.3) is 0 Å². The van der Waals surface area contributed by atoms with Gasteiger partial charge in [0.2, 0.25) is 0 Å². The van der Waals surface area contributed by atoms with Gasteiger partial charge in [0.05, 0.1) is 0 Å². The average Bonchev–Trinajstić information content (AvgIpc) is 2.48. The van der Waals surface area contributed by atoms with Gasteiger partial charge in [-0.15, -0.1) is 0 Å². The van der Waals surface area contributed by atoms with Crippen LogP contribution in [-0.4, -0.2) is 12.6 Å². The van der Waals surface area contributed by atoms with Gasteiger partial charge >= 0.3 is 0 Å². The van der Waals surface area contributed by atoms with E-state index in [0.717, 1.165) is 17.9 Å². The summed E-state index contributed by atoms with van der Waals surface area (Å²) in [5, 5.41) is 3.54. The van der Waals surface area contributed by atoms with E-state index in [1.807, 2.05) is 0 Å². The Balaban J connectivity index is 2.03. The minimum atomic E-state index is 0.677. The Bertz CT molecular complexity index is 162. The minimum Gasteiger partial charge on any atom is -0.314 e. The molecule has 11 heavy (non-hydrogen) atoms. The standard InChI is InChI=1S/C10H19N/c1-7-6-9-8(4-5-11-7)10(9,2)3/h7-9,11H,4-6H2,1-3H3. The fourth-order valence-electron chi connectivity index (χ4n) is 2.85. The molecular weight excluding hydrogens is 134 g/mol. The van der Waals surface area contributed by atoms with Crippen molar-refractivity contribution < 1.29 is 0 Å². The van der Waals surface area contributed by atoms with Crippen LogP contribution in [-0.2, 0) is 0 Å². The molecule has 0 aromatic rings. The van der Waals surface area contributed by atoms with Gasteiger partial charge in [-0.1, -0.05) is 13.8 Å². The molecule has 1 heteroatoms. The van der Waals surface area contributed by atoms with Gasteiger partial charge in [0.15, 0.2) is 0 Å². The van der Waals surface area contributed by atoms with Gasteiger partial charge in [0, 0.05) is 6.04 Å². The van der Waals surface area contributed by atoms with Crippen LogP contribution in [0.4, 0.5) is 0 Å². The highest BCUT2D eigenvalue weighted by Crippen LogP contribution is 2.62. The molecule has 0 aromatic carbocycles. The van der Waals surface area contributed by atoms with E-state index in [2.05, 4.69) is 26.1 Å². The molecule has 0 radical (unpaired) electrons. The normalized spacial score (nSPS) is 47.7. The van der Waals surface area contributed by atoms with Crippen LogP contribution in [0.3, 0.4) is 0 Å². The molecular formula is C10H19N. The van der Waals surface area contributed by atoms with Crippen LogP contribution in [0.15, 0.2) is 0 Å². The fourth-order valence-corrected chi connectivity index (χ4v) is 2.85. The fraction of sp³-hybridized carbons (Fsp3) is 1.00. The Morgan fingerprint density at radius 2 is 2.00 bits per heavy atom. The summed E-state index contributed by atoms with van der Waals surface area (Å²) in [6.07, 6.45) is 2.81. The van der Waals surface area contributed by atoms with Crippen molar-refractivity contribution in [3.05, 3.63) is 0 Å². The van der Waals surface area contributed by atoms with Crippen molar-refractivity contribution in [3.8, 4) is 0 Å². The number of hydrogen-bond acceptors (Lipinski definition) is 1. The van der Waals surface area contributed by atoms with E-state index >= 15 is 0 Å². The molecule has 3 unspecified atom stereocenters.